The van der Waals surface area contributed by atoms with Crippen molar-refractivity contribution in [1.82, 2.24) is 5.32 Å². The Kier molecular flexibility index (Phi) is 8.29. The van der Waals surface area contributed by atoms with E-state index in [1.807, 2.05) is 24.3 Å². The van der Waals surface area contributed by atoms with Gasteiger partial charge >= 0.3 is 0 Å². The van der Waals surface area contributed by atoms with Gasteiger partial charge in [-0.15, -0.1) is 0 Å². The number of nitrogens with one attached hydrogen (secondary N) is 1. The lowest BCUT2D eigenvalue weighted by molar-refractivity contribution is 0.106. The van der Waals surface area contributed by atoms with Crippen molar-refractivity contribution in [2.45, 2.75) is 12.5 Å². The highest BCUT2D eigenvalue weighted by molar-refractivity contribution is 9.10. The van der Waals surface area contributed by atoms with E-state index in [1.165, 1.54) is 0 Å². The smallest absolute Gasteiger partial charge is 0.119 e. The summed E-state index contributed by atoms with van der Waals surface area (Å²) in [5, 5.41) is 12.8. The van der Waals surface area contributed by atoms with Crippen LogP contribution in [0, 0.1) is 0 Å². The minimum Gasteiger partial charge on any atom is -0.491 e. The maximum atomic E-state index is 10.8. The van der Waals surface area contributed by atoms with Crippen molar-refractivity contribution in [3.63, 3.8) is 0 Å². The molecule has 2 atom stereocenters. The summed E-state index contributed by atoms with van der Waals surface area (Å²) in [6, 6.07) is 7.48. The molecule has 0 fully saturated rings. The van der Waals surface area contributed by atoms with Gasteiger partial charge in [-0.3, -0.25) is 4.21 Å². The highest BCUT2D eigenvalue weighted by Crippen LogP contribution is 2.16. The van der Waals surface area contributed by atoms with Crippen LogP contribution in [0.15, 0.2) is 28.7 Å². The van der Waals surface area contributed by atoms with Crippen molar-refractivity contribution in [2.24, 2.45) is 0 Å². The van der Waals surface area contributed by atoms with Gasteiger partial charge in [0.25, 0.3) is 0 Å². The number of halogens is 1. The molecule has 0 bridgehead atoms. The van der Waals surface area contributed by atoms with Gasteiger partial charge in [-0.1, -0.05) is 15.9 Å². The fraction of sp³-hybridized carbons (Fsp3) is 0.538. The Morgan fingerprint density at radius 2 is 2.11 bits per heavy atom. The second-order valence-electron chi connectivity index (χ2n) is 4.25. The Morgan fingerprint density at radius 1 is 1.42 bits per heavy atom. The Balaban J connectivity index is 2.09. The maximum absolute atomic E-state index is 10.8. The Labute approximate surface area is 125 Å². The van der Waals surface area contributed by atoms with Crippen LogP contribution in [0.1, 0.15) is 6.42 Å². The van der Waals surface area contributed by atoms with Gasteiger partial charge in [-0.05, 0) is 37.2 Å². The fourth-order valence-corrected chi connectivity index (χ4v) is 2.27. The highest BCUT2D eigenvalue weighted by atomic mass is 79.9. The predicted molar refractivity (Wildman–Crippen MR) is 82.1 cm³/mol. The number of hydrogen-bond donors (Lipinski definition) is 2. The molecule has 0 aliphatic carbocycles. The molecular weight excluding hydrogens is 330 g/mol. The Bertz CT molecular complexity index is 386. The number of benzene rings is 1. The molecule has 2 unspecified atom stereocenters. The lowest BCUT2D eigenvalue weighted by Crippen LogP contribution is -2.32. The Hall–Kier alpha value is -0.430. The molecule has 0 radical (unpaired) electrons. The first-order valence-corrected chi connectivity index (χ1v) is 8.67. The number of ether oxygens (including phenoxy) is 1. The third-order valence-electron chi connectivity index (χ3n) is 2.42. The second kappa shape index (κ2) is 9.47. The highest BCUT2D eigenvalue weighted by Gasteiger charge is 2.04. The average molecular weight is 350 g/mol. The van der Waals surface area contributed by atoms with Crippen LogP contribution >= 0.6 is 15.9 Å². The molecule has 0 spiro atoms. The third-order valence-corrected chi connectivity index (χ3v) is 3.81. The summed E-state index contributed by atoms with van der Waals surface area (Å²) >= 11 is 3.35. The van der Waals surface area contributed by atoms with E-state index in [0.29, 0.717) is 12.3 Å². The van der Waals surface area contributed by atoms with Crippen LogP contribution < -0.4 is 10.1 Å². The third kappa shape index (κ3) is 8.36. The van der Waals surface area contributed by atoms with Gasteiger partial charge in [0.2, 0.25) is 0 Å². The minimum absolute atomic E-state index is 0.258. The molecule has 0 heterocycles. The molecule has 0 amide bonds. The standard InChI is InChI=1S/C13H20BrNO3S/c1-19(17)8-2-7-15-9-12(16)10-18-13-5-3-11(14)4-6-13/h3-6,12,15-16H,2,7-10H2,1H3. The lowest BCUT2D eigenvalue weighted by atomic mass is 10.3. The second-order valence-corrected chi connectivity index (χ2v) is 6.72. The normalized spacial score (nSPS) is 14.1. The van der Waals surface area contributed by atoms with Gasteiger partial charge in [0.05, 0.1) is 0 Å². The molecule has 1 rings (SSSR count). The zero-order valence-electron chi connectivity index (χ0n) is 11.0. The molecule has 0 saturated carbocycles. The van der Waals surface area contributed by atoms with Crippen molar-refractivity contribution >= 4 is 26.7 Å². The molecular formula is C13H20BrNO3S. The van der Waals surface area contributed by atoms with E-state index in [0.717, 1.165) is 23.2 Å². The number of aliphatic hydroxyl groups excluding tert-OH is 1. The average Bonchev–Trinajstić information content (AvgIpc) is 2.37. The van der Waals surface area contributed by atoms with Crippen LogP contribution in [0.4, 0.5) is 0 Å². The van der Waals surface area contributed by atoms with Gasteiger partial charge in [0, 0.05) is 33.8 Å². The van der Waals surface area contributed by atoms with E-state index in [-0.39, 0.29) is 6.61 Å². The monoisotopic (exact) mass is 349 g/mol. The molecule has 2 N–H and O–H groups in total. The van der Waals surface area contributed by atoms with E-state index >= 15 is 0 Å². The largest absolute Gasteiger partial charge is 0.491 e. The minimum atomic E-state index is -0.741. The van der Waals surface area contributed by atoms with E-state index in [2.05, 4.69) is 21.2 Å². The fourth-order valence-electron chi connectivity index (χ4n) is 1.45. The first-order chi connectivity index (χ1) is 9.08. The van der Waals surface area contributed by atoms with Gasteiger partial charge in [0.1, 0.15) is 18.5 Å². The van der Waals surface area contributed by atoms with Crippen LogP contribution in [0.2, 0.25) is 0 Å². The van der Waals surface area contributed by atoms with Crippen molar-refractivity contribution in [2.75, 3.05) is 31.7 Å². The van der Waals surface area contributed by atoms with Gasteiger partial charge in [-0.2, -0.15) is 0 Å². The summed E-state index contributed by atoms with van der Waals surface area (Å²) in [7, 11) is -0.741. The van der Waals surface area contributed by atoms with Crippen LogP contribution in [0.5, 0.6) is 5.75 Å². The van der Waals surface area contributed by atoms with Crippen LogP contribution in [0.3, 0.4) is 0 Å². The zero-order chi connectivity index (χ0) is 14.1. The molecule has 108 valence electrons. The molecule has 4 nitrogen and oxygen atoms in total. The summed E-state index contributed by atoms with van der Waals surface area (Å²) in [5.41, 5.74) is 0. The molecule has 1 aromatic carbocycles. The van der Waals surface area contributed by atoms with Crippen molar-refractivity contribution < 1.29 is 14.1 Å². The van der Waals surface area contributed by atoms with E-state index in [1.54, 1.807) is 6.26 Å². The van der Waals surface area contributed by atoms with E-state index in [9.17, 15) is 9.32 Å². The van der Waals surface area contributed by atoms with E-state index in [4.69, 9.17) is 4.74 Å². The van der Waals surface area contributed by atoms with Crippen molar-refractivity contribution in [1.29, 1.82) is 0 Å². The summed E-state index contributed by atoms with van der Waals surface area (Å²) in [5.74, 6) is 1.43. The predicted octanol–water partition coefficient (Wildman–Crippen LogP) is 1.55. The number of hydrogen-bond acceptors (Lipinski definition) is 4. The molecule has 6 heteroatoms. The molecule has 0 aliphatic heterocycles. The van der Waals surface area contributed by atoms with Gasteiger partial charge in [0.15, 0.2) is 0 Å². The number of aliphatic hydroxyl groups is 1. The SMILES string of the molecule is CS(=O)CCCNCC(O)COc1ccc(Br)cc1. The molecule has 0 aromatic heterocycles. The van der Waals surface area contributed by atoms with Crippen LogP contribution in [-0.4, -0.2) is 47.1 Å². The molecule has 0 aliphatic rings. The summed E-state index contributed by atoms with van der Waals surface area (Å²) in [4.78, 5) is 0. The summed E-state index contributed by atoms with van der Waals surface area (Å²) in [6.45, 7) is 1.50. The molecule has 0 saturated heterocycles. The first kappa shape index (κ1) is 16.6. The molecule has 19 heavy (non-hydrogen) atoms. The molecule has 1 aromatic rings. The number of rotatable bonds is 9. The van der Waals surface area contributed by atoms with Crippen LogP contribution in [-0.2, 0) is 10.8 Å². The quantitative estimate of drug-likeness (QED) is 0.664. The maximum Gasteiger partial charge on any atom is 0.119 e. The van der Waals surface area contributed by atoms with E-state index < -0.39 is 16.9 Å². The van der Waals surface area contributed by atoms with Crippen LogP contribution in [0.25, 0.3) is 0 Å². The van der Waals surface area contributed by atoms with Crippen molar-refractivity contribution in [3.05, 3.63) is 28.7 Å². The van der Waals surface area contributed by atoms with Gasteiger partial charge in [-0.25, -0.2) is 0 Å². The Morgan fingerprint density at radius 3 is 2.74 bits per heavy atom. The first-order valence-electron chi connectivity index (χ1n) is 6.15. The summed E-state index contributed by atoms with van der Waals surface area (Å²) < 4.78 is 17.3. The zero-order valence-corrected chi connectivity index (χ0v) is 13.4. The van der Waals surface area contributed by atoms with Gasteiger partial charge < -0.3 is 15.2 Å². The summed E-state index contributed by atoms with van der Waals surface area (Å²) in [6.07, 6.45) is 2.00. The van der Waals surface area contributed by atoms with Crippen molar-refractivity contribution in [3.8, 4) is 5.75 Å². The topological polar surface area (TPSA) is 58.6 Å². The lowest BCUT2D eigenvalue weighted by Gasteiger charge is -2.13.